The van der Waals surface area contributed by atoms with Crippen molar-refractivity contribution in [2.45, 2.75) is 88.8 Å². The fraction of sp³-hybridized carbons (Fsp3) is 0.950. The molecule has 3 saturated heterocycles. The Labute approximate surface area is 152 Å². The summed E-state index contributed by atoms with van der Waals surface area (Å²) in [6, 6.07) is 0.616. The van der Waals surface area contributed by atoms with E-state index < -0.39 is 0 Å². The van der Waals surface area contributed by atoms with Crippen LogP contribution in [0.15, 0.2) is 0 Å². The van der Waals surface area contributed by atoms with Crippen LogP contribution < -0.4 is 5.32 Å². The number of fused-ring (bicyclic) bond motifs is 2. The van der Waals surface area contributed by atoms with Gasteiger partial charge in [0.05, 0.1) is 6.10 Å². The van der Waals surface area contributed by atoms with E-state index in [0.29, 0.717) is 5.41 Å². The van der Waals surface area contributed by atoms with Gasteiger partial charge in [0, 0.05) is 25.2 Å². The predicted molar refractivity (Wildman–Crippen MR) is 98.5 cm³/mol. The smallest absolute Gasteiger partial charge is 0.317 e. The maximum absolute atomic E-state index is 12.6. The molecule has 1 aliphatic carbocycles. The highest BCUT2D eigenvalue weighted by Gasteiger charge is 2.42. The van der Waals surface area contributed by atoms with Crippen molar-refractivity contribution in [3.8, 4) is 0 Å². The molecule has 25 heavy (non-hydrogen) atoms. The Morgan fingerprint density at radius 1 is 1.00 bits per heavy atom. The van der Waals surface area contributed by atoms with E-state index in [9.17, 15) is 9.90 Å². The molecule has 4 aliphatic rings. The third-order valence-corrected chi connectivity index (χ3v) is 7.48. The number of piperidine rings is 2. The Bertz CT molecular complexity index is 454. The molecule has 0 aromatic rings. The number of likely N-dealkylation sites (tertiary alicyclic amines) is 1. The van der Waals surface area contributed by atoms with Gasteiger partial charge in [-0.2, -0.15) is 0 Å². The van der Waals surface area contributed by atoms with Gasteiger partial charge in [-0.05, 0) is 69.9 Å². The number of urea groups is 1. The van der Waals surface area contributed by atoms with Gasteiger partial charge in [0.1, 0.15) is 0 Å². The quantitative estimate of drug-likeness (QED) is 0.824. The first-order valence-corrected chi connectivity index (χ1v) is 10.6. The summed E-state index contributed by atoms with van der Waals surface area (Å²) in [5, 5.41) is 13.0. The zero-order chi connectivity index (χ0) is 17.3. The molecule has 0 unspecified atom stereocenters. The Morgan fingerprint density at radius 3 is 2.28 bits per heavy atom. The van der Waals surface area contributed by atoms with E-state index in [1.165, 1.54) is 58.0 Å². The summed E-state index contributed by atoms with van der Waals surface area (Å²) in [6.07, 6.45) is 13.3. The molecule has 4 rings (SSSR count). The number of carbonyl (C=O) groups excluding carboxylic acids is 1. The number of nitrogens with one attached hydrogen (secondary N) is 1. The number of aliphatic hydroxyl groups excluding tert-OH is 1. The first-order valence-electron chi connectivity index (χ1n) is 10.6. The molecule has 3 aliphatic heterocycles. The lowest BCUT2D eigenvalue weighted by atomic mass is 9.68. The molecule has 2 atom stereocenters. The van der Waals surface area contributed by atoms with Gasteiger partial charge in [0.2, 0.25) is 0 Å². The fourth-order valence-electron chi connectivity index (χ4n) is 5.94. The van der Waals surface area contributed by atoms with Crippen LogP contribution in [0.5, 0.6) is 0 Å². The van der Waals surface area contributed by atoms with Crippen molar-refractivity contribution in [3.05, 3.63) is 0 Å². The normalized spacial score (nSPS) is 35.1. The predicted octanol–water partition coefficient (Wildman–Crippen LogP) is 2.73. The molecule has 1 spiro atoms. The largest absolute Gasteiger partial charge is 0.393 e. The molecule has 2 bridgehead atoms. The van der Waals surface area contributed by atoms with Gasteiger partial charge in [-0.25, -0.2) is 4.79 Å². The minimum Gasteiger partial charge on any atom is -0.393 e. The van der Waals surface area contributed by atoms with E-state index in [2.05, 4.69) is 10.2 Å². The highest BCUT2D eigenvalue weighted by molar-refractivity contribution is 5.75. The Kier molecular flexibility index (Phi) is 5.23. The zero-order valence-corrected chi connectivity index (χ0v) is 15.6. The molecule has 2 N–H and O–H groups in total. The number of hydrogen-bond acceptors (Lipinski definition) is 3. The summed E-state index contributed by atoms with van der Waals surface area (Å²) in [4.78, 5) is 17.1. The SMILES string of the molecule is O=C(NCCN1CCC2(CCCCC2)CC1)N1[C@H]2CC[C@H]1CC(O)C2. The summed E-state index contributed by atoms with van der Waals surface area (Å²) >= 11 is 0. The van der Waals surface area contributed by atoms with Crippen LogP contribution in [0.3, 0.4) is 0 Å². The van der Waals surface area contributed by atoms with E-state index >= 15 is 0 Å². The van der Waals surface area contributed by atoms with Gasteiger partial charge >= 0.3 is 6.03 Å². The topological polar surface area (TPSA) is 55.8 Å². The second kappa shape index (κ2) is 7.43. The van der Waals surface area contributed by atoms with Gasteiger partial charge in [-0.1, -0.05) is 19.3 Å². The Morgan fingerprint density at radius 2 is 1.64 bits per heavy atom. The van der Waals surface area contributed by atoms with E-state index in [-0.39, 0.29) is 24.2 Å². The highest BCUT2D eigenvalue weighted by atomic mass is 16.3. The number of carbonyl (C=O) groups is 1. The van der Waals surface area contributed by atoms with Gasteiger partial charge in [-0.15, -0.1) is 0 Å². The third kappa shape index (κ3) is 3.82. The Hall–Kier alpha value is -0.810. The summed E-state index contributed by atoms with van der Waals surface area (Å²) < 4.78 is 0. The molecule has 0 aromatic carbocycles. The number of rotatable bonds is 3. The molecular formula is C20H35N3O2. The molecule has 3 heterocycles. The van der Waals surface area contributed by atoms with E-state index in [4.69, 9.17) is 0 Å². The number of amides is 2. The van der Waals surface area contributed by atoms with E-state index in [1.807, 2.05) is 4.90 Å². The van der Waals surface area contributed by atoms with Crippen LogP contribution in [0.4, 0.5) is 4.79 Å². The van der Waals surface area contributed by atoms with Gasteiger partial charge in [0.25, 0.3) is 0 Å². The maximum Gasteiger partial charge on any atom is 0.317 e. The molecule has 2 amide bonds. The van der Waals surface area contributed by atoms with Crippen LogP contribution in [-0.2, 0) is 0 Å². The number of hydrogen-bond donors (Lipinski definition) is 2. The van der Waals surface area contributed by atoms with Crippen LogP contribution in [0.2, 0.25) is 0 Å². The fourth-order valence-corrected chi connectivity index (χ4v) is 5.94. The van der Waals surface area contributed by atoms with Crippen LogP contribution in [0.25, 0.3) is 0 Å². The summed E-state index contributed by atoms with van der Waals surface area (Å²) in [5.41, 5.74) is 0.659. The van der Waals surface area contributed by atoms with Crippen molar-refractivity contribution >= 4 is 6.03 Å². The monoisotopic (exact) mass is 349 g/mol. The van der Waals surface area contributed by atoms with Crippen molar-refractivity contribution in [2.75, 3.05) is 26.2 Å². The molecule has 1 saturated carbocycles. The van der Waals surface area contributed by atoms with Gasteiger partial charge in [0.15, 0.2) is 0 Å². The summed E-state index contributed by atoms with van der Waals surface area (Å²) in [5.74, 6) is 0. The lowest BCUT2D eigenvalue weighted by molar-refractivity contribution is 0.0526. The number of aliphatic hydroxyl groups is 1. The lowest BCUT2D eigenvalue weighted by Crippen LogP contribution is -2.53. The molecule has 142 valence electrons. The van der Waals surface area contributed by atoms with Crippen LogP contribution in [-0.4, -0.2) is 65.3 Å². The molecule has 5 heteroatoms. The van der Waals surface area contributed by atoms with E-state index in [0.717, 1.165) is 38.8 Å². The van der Waals surface area contributed by atoms with Crippen LogP contribution in [0.1, 0.15) is 70.6 Å². The zero-order valence-electron chi connectivity index (χ0n) is 15.6. The average Bonchev–Trinajstić information content (AvgIpc) is 2.89. The first kappa shape index (κ1) is 17.6. The van der Waals surface area contributed by atoms with Crippen LogP contribution in [0, 0.1) is 5.41 Å². The van der Waals surface area contributed by atoms with Gasteiger partial charge in [-0.3, -0.25) is 0 Å². The molecule has 4 fully saturated rings. The van der Waals surface area contributed by atoms with Crippen LogP contribution >= 0.6 is 0 Å². The van der Waals surface area contributed by atoms with Crippen molar-refractivity contribution < 1.29 is 9.90 Å². The number of nitrogens with zero attached hydrogens (tertiary/aromatic N) is 2. The van der Waals surface area contributed by atoms with Crippen molar-refractivity contribution in [2.24, 2.45) is 5.41 Å². The second-order valence-corrected chi connectivity index (χ2v) is 9.05. The lowest BCUT2D eigenvalue weighted by Gasteiger charge is -2.44. The molecule has 0 radical (unpaired) electrons. The van der Waals surface area contributed by atoms with E-state index in [1.54, 1.807) is 0 Å². The minimum absolute atomic E-state index is 0.0974. The summed E-state index contributed by atoms with van der Waals surface area (Å²) in [6.45, 7) is 4.14. The van der Waals surface area contributed by atoms with Crippen molar-refractivity contribution in [3.63, 3.8) is 0 Å². The average molecular weight is 350 g/mol. The molecular weight excluding hydrogens is 314 g/mol. The van der Waals surface area contributed by atoms with Crippen molar-refractivity contribution in [1.29, 1.82) is 0 Å². The molecule has 0 aromatic heterocycles. The second-order valence-electron chi connectivity index (χ2n) is 9.05. The Balaban J connectivity index is 1.18. The highest BCUT2D eigenvalue weighted by Crippen LogP contribution is 2.44. The molecule has 5 nitrogen and oxygen atoms in total. The third-order valence-electron chi connectivity index (χ3n) is 7.48. The first-order chi connectivity index (χ1) is 12.2. The maximum atomic E-state index is 12.6. The standard InChI is InChI=1S/C20H35N3O2/c24-18-14-16-4-5-17(15-18)23(16)19(25)21-10-13-22-11-8-20(9-12-22)6-2-1-3-7-20/h16-18,24H,1-15H2,(H,21,25)/t16-,17-/m0/s1. The summed E-state index contributed by atoms with van der Waals surface area (Å²) in [7, 11) is 0. The minimum atomic E-state index is -0.206. The van der Waals surface area contributed by atoms with Gasteiger partial charge < -0.3 is 20.2 Å². The van der Waals surface area contributed by atoms with Crippen molar-refractivity contribution in [1.82, 2.24) is 15.1 Å².